The summed E-state index contributed by atoms with van der Waals surface area (Å²) in [5, 5.41) is 23.2. The lowest BCUT2D eigenvalue weighted by molar-refractivity contribution is 0.112. The van der Waals surface area contributed by atoms with E-state index < -0.39 is 0 Å². The summed E-state index contributed by atoms with van der Waals surface area (Å²) in [6, 6.07) is 11.8. The molecule has 0 atom stereocenters. The van der Waals surface area contributed by atoms with Gasteiger partial charge in [0.15, 0.2) is 16.6 Å². The van der Waals surface area contributed by atoms with Gasteiger partial charge in [-0.2, -0.15) is 10.2 Å². The van der Waals surface area contributed by atoms with Gasteiger partial charge in [-0.05, 0) is 55.5 Å². The van der Waals surface area contributed by atoms with Gasteiger partial charge < -0.3 is 10.4 Å². The number of nitrogens with zero attached hydrogens (tertiary/aromatic N) is 3. The molecule has 7 nitrogen and oxygen atoms in total. The Kier molecular flexibility index (Phi) is 6.71. The van der Waals surface area contributed by atoms with E-state index in [9.17, 15) is 9.90 Å². The Bertz CT molecular complexity index is 1140. The van der Waals surface area contributed by atoms with Crippen molar-refractivity contribution < 1.29 is 9.90 Å². The number of hydrazone groups is 1. The number of hydrogen-bond acceptors (Lipinski definition) is 5. The number of aromatic nitrogens is 2. The van der Waals surface area contributed by atoms with Crippen LogP contribution in [0.5, 0.6) is 5.75 Å². The predicted molar refractivity (Wildman–Crippen MR) is 124 cm³/mol. The molecule has 154 valence electrons. The summed E-state index contributed by atoms with van der Waals surface area (Å²) in [5.74, 6) is -0.0396. The van der Waals surface area contributed by atoms with E-state index in [1.54, 1.807) is 56.4 Å². The minimum absolute atomic E-state index is 0.0396. The van der Waals surface area contributed by atoms with Crippen LogP contribution in [0.15, 0.2) is 47.6 Å². The highest BCUT2D eigenvalue weighted by molar-refractivity contribution is 7.80. The van der Waals surface area contributed by atoms with Crippen LogP contribution in [0.4, 0.5) is 5.69 Å². The van der Waals surface area contributed by atoms with Gasteiger partial charge in [-0.25, -0.2) is 0 Å². The number of halogens is 2. The maximum atomic E-state index is 10.7. The zero-order chi connectivity index (χ0) is 21.8. The first-order chi connectivity index (χ1) is 14.3. The Morgan fingerprint density at radius 3 is 2.53 bits per heavy atom. The fourth-order valence-electron chi connectivity index (χ4n) is 2.72. The number of anilines is 1. The van der Waals surface area contributed by atoms with Gasteiger partial charge in [-0.3, -0.25) is 14.9 Å². The maximum Gasteiger partial charge on any atom is 0.191 e. The highest BCUT2D eigenvalue weighted by Crippen LogP contribution is 2.35. The number of carbonyl (C=O) groups is 1. The van der Waals surface area contributed by atoms with E-state index >= 15 is 0 Å². The molecule has 3 rings (SSSR count). The van der Waals surface area contributed by atoms with E-state index in [1.807, 2.05) is 0 Å². The van der Waals surface area contributed by atoms with Gasteiger partial charge in [0.05, 0.1) is 15.8 Å². The second-order valence-corrected chi connectivity index (χ2v) is 7.52. The number of benzene rings is 2. The van der Waals surface area contributed by atoms with E-state index in [0.717, 1.165) is 6.29 Å². The predicted octanol–water partition coefficient (Wildman–Crippen LogP) is 4.62. The third-order valence-electron chi connectivity index (χ3n) is 4.19. The monoisotopic (exact) mass is 461 g/mol. The first-order valence-corrected chi connectivity index (χ1v) is 9.85. The van der Waals surface area contributed by atoms with Crippen molar-refractivity contribution in [3.05, 3.63) is 63.8 Å². The number of rotatable bonds is 5. The molecule has 3 N–H and O–H groups in total. The molecule has 2 aromatic carbocycles. The van der Waals surface area contributed by atoms with Gasteiger partial charge in [0.25, 0.3) is 0 Å². The molecular weight excluding hydrogens is 445 g/mol. The zero-order valence-corrected chi connectivity index (χ0v) is 18.3. The second kappa shape index (κ2) is 9.25. The average Bonchev–Trinajstić information content (AvgIpc) is 3.03. The summed E-state index contributed by atoms with van der Waals surface area (Å²) in [6.45, 7) is 1.69. The smallest absolute Gasteiger partial charge is 0.191 e. The summed E-state index contributed by atoms with van der Waals surface area (Å²) < 4.78 is 1.54. The van der Waals surface area contributed by atoms with Crippen molar-refractivity contribution in [3.8, 4) is 17.0 Å². The molecule has 0 unspecified atom stereocenters. The molecule has 0 spiro atoms. The van der Waals surface area contributed by atoms with Crippen LogP contribution in [0, 0.1) is 0 Å². The lowest BCUT2D eigenvalue weighted by atomic mass is 10.1. The molecule has 0 amide bonds. The Morgan fingerprint density at radius 2 is 1.90 bits per heavy atom. The van der Waals surface area contributed by atoms with Gasteiger partial charge in [-0.1, -0.05) is 29.3 Å². The number of aldehydes is 1. The van der Waals surface area contributed by atoms with Gasteiger partial charge in [0, 0.05) is 23.9 Å². The molecule has 0 aliphatic heterocycles. The molecular formula is C20H17Cl2N5O2S. The molecule has 1 aromatic heterocycles. The highest BCUT2D eigenvalue weighted by atomic mass is 35.5. The van der Waals surface area contributed by atoms with Crippen LogP contribution in [0.3, 0.4) is 0 Å². The second-order valence-electron chi connectivity index (χ2n) is 6.30. The van der Waals surface area contributed by atoms with E-state index in [1.165, 1.54) is 4.68 Å². The van der Waals surface area contributed by atoms with Crippen LogP contribution in [-0.4, -0.2) is 32.0 Å². The van der Waals surface area contributed by atoms with Crippen molar-refractivity contribution in [2.45, 2.75) is 6.92 Å². The lowest BCUT2D eigenvalue weighted by Gasteiger charge is -2.07. The first-order valence-electron chi connectivity index (χ1n) is 8.68. The summed E-state index contributed by atoms with van der Waals surface area (Å²) >= 11 is 17.3. The average molecular weight is 462 g/mol. The Balaban J connectivity index is 1.76. The van der Waals surface area contributed by atoms with Gasteiger partial charge in [0.1, 0.15) is 12.0 Å². The lowest BCUT2D eigenvalue weighted by Crippen LogP contribution is -2.25. The van der Waals surface area contributed by atoms with Crippen LogP contribution in [-0.2, 0) is 7.05 Å². The van der Waals surface area contributed by atoms with Crippen LogP contribution in [0.1, 0.15) is 23.0 Å². The standard InChI is InChI=1S/C20H17Cl2N5O2S/c1-11(24-25-20(30)23-14-6-3-12(10-28)4-7-14)17-19(29)18(27(2)26-17)13-5-8-15(21)16(22)9-13/h3-10,29H,1-2H3,(H2,23,25,30)/b24-11+. The summed E-state index contributed by atoms with van der Waals surface area (Å²) in [6.07, 6.45) is 0.763. The Labute approximate surface area is 188 Å². The van der Waals surface area contributed by atoms with Crippen LogP contribution < -0.4 is 10.7 Å². The number of hydrogen-bond donors (Lipinski definition) is 3. The molecule has 0 aliphatic carbocycles. The first kappa shape index (κ1) is 21.8. The molecule has 10 heteroatoms. The molecule has 0 bridgehead atoms. The molecule has 0 radical (unpaired) electrons. The topological polar surface area (TPSA) is 91.5 Å². The van der Waals surface area contributed by atoms with E-state index in [4.69, 9.17) is 35.4 Å². The molecule has 0 aliphatic rings. The molecule has 0 saturated heterocycles. The normalized spacial score (nSPS) is 11.3. The maximum absolute atomic E-state index is 10.7. The van der Waals surface area contributed by atoms with E-state index in [0.29, 0.717) is 44.0 Å². The fraction of sp³-hybridized carbons (Fsp3) is 0.100. The van der Waals surface area contributed by atoms with Crippen LogP contribution in [0.2, 0.25) is 10.0 Å². The molecule has 1 heterocycles. The van der Waals surface area contributed by atoms with Crippen molar-refractivity contribution in [1.82, 2.24) is 15.2 Å². The Hall–Kier alpha value is -2.94. The molecule has 30 heavy (non-hydrogen) atoms. The SMILES string of the molecule is C/C(=N\NC(=S)Nc1ccc(C=O)cc1)c1nn(C)c(-c2ccc(Cl)c(Cl)c2)c1O. The number of aryl methyl sites for hydroxylation is 1. The minimum atomic E-state index is -0.0396. The van der Waals surface area contributed by atoms with E-state index in [2.05, 4.69) is 20.9 Å². The van der Waals surface area contributed by atoms with Gasteiger partial charge in [-0.15, -0.1) is 0 Å². The van der Waals surface area contributed by atoms with Crippen molar-refractivity contribution in [2.24, 2.45) is 12.1 Å². The van der Waals surface area contributed by atoms with Crippen molar-refractivity contribution >= 4 is 58.2 Å². The number of aromatic hydroxyl groups is 1. The minimum Gasteiger partial charge on any atom is -0.504 e. The Morgan fingerprint density at radius 1 is 1.20 bits per heavy atom. The summed E-state index contributed by atoms with van der Waals surface area (Å²) in [5.41, 5.74) is 5.85. The number of carbonyl (C=O) groups excluding carboxylic acids is 1. The molecule has 0 saturated carbocycles. The molecule has 3 aromatic rings. The van der Waals surface area contributed by atoms with Crippen molar-refractivity contribution in [3.63, 3.8) is 0 Å². The third kappa shape index (κ3) is 4.79. The summed E-state index contributed by atoms with van der Waals surface area (Å²) in [7, 11) is 1.71. The van der Waals surface area contributed by atoms with Crippen molar-refractivity contribution in [2.75, 3.05) is 5.32 Å². The van der Waals surface area contributed by atoms with Gasteiger partial charge in [0.2, 0.25) is 0 Å². The fourth-order valence-corrected chi connectivity index (χ4v) is 3.18. The van der Waals surface area contributed by atoms with Crippen molar-refractivity contribution in [1.29, 1.82) is 0 Å². The van der Waals surface area contributed by atoms with Crippen LogP contribution >= 0.6 is 35.4 Å². The highest BCUT2D eigenvalue weighted by Gasteiger charge is 2.19. The third-order valence-corrected chi connectivity index (χ3v) is 5.12. The quantitative estimate of drug-likeness (QED) is 0.222. The largest absolute Gasteiger partial charge is 0.504 e. The van der Waals surface area contributed by atoms with Gasteiger partial charge >= 0.3 is 0 Å². The number of thiocarbonyl (C=S) groups is 1. The van der Waals surface area contributed by atoms with E-state index in [-0.39, 0.29) is 10.9 Å². The zero-order valence-electron chi connectivity index (χ0n) is 16.0. The summed E-state index contributed by atoms with van der Waals surface area (Å²) in [4.78, 5) is 10.7. The van der Waals surface area contributed by atoms with Crippen LogP contribution in [0.25, 0.3) is 11.3 Å². The number of nitrogens with one attached hydrogen (secondary N) is 2. The molecule has 0 fully saturated rings.